The summed E-state index contributed by atoms with van der Waals surface area (Å²) in [6, 6.07) is 3.75. The highest BCUT2D eigenvalue weighted by atomic mass is 35.5. The Morgan fingerprint density at radius 2 is 2.00 bits per heavy atom. The minimum atomic E-state index is -0.461. The number of carbonyl (C=O) groups is 2. The van der Waals surface area contributed by atoms with Crippen LogP contribution in [-0.4, -0.2) is 18.0 Å². The van der Waals surface area contributed by atoms with Gasteiger partial charge in [0.1, 0.15) is 6.04 Å². The van der Waals surface area contributed by atoms with Crippen LogP contribution in [0, 0.1) is 0 Å². The lowest BCUT2D eigenvalue weighted by atomic mass is 10.2. The number of benzene rings is 1. The fourth-order valence-corrected chi connectivity index (χ4v) is 1.97. The molecule has 1 atom stereocenters. The van der Waals surface area contributed by atoms with E-state index < -0.39 is 12.1 Å². The molecular weight excluding hydrogens is 263 g/mol. The molecule has 0 aromatic heterocycles. The van der Waals surface area contributed by atoms with Gasteiger partial charge in [0.05, 0.1) is 15.7 Å². The number of rotatable bonds is 2. The molecule has 1 aromatic carbocycles. The highest BCUT2D eigenvalue weighted by Crippen LogP contribution is 2.29. The molecule has 1 unspecified atom stereocenters. The molecule has 1 heterocycles. The van der Waals surface area contributed by atoms with E-state index in [0.29, 0.717) is 22.2 Å². The molecule has 4 nitrogen and oxygen atoms in total. The van der Waals surface area contributed by atoms with Crippen LogP contribution in [-0.2, 0) is 4.79 Å². The van der Waals surface area contributed by atoms with E-state index in [1.807, 2.05) is 6.92 Å². The summed E-state index contributed by atoms with van der Waals surface area (Å²) in [7, 11) is 0. The first-order valence-electron chi connectivity index (χ1n) is 5.14. The molecular formula is C11H10Cl2N2O2. The third-order valence-corrected chi connectivity index (χ3v) is 3.33. The van der Waals surface area contributed by atoms with Crippen molar-refractivity contribution in [3.05, 3.63) is 28.2 Å². The van der Waals surface area contributed by atoms with Crippen LogP contribution in [0.5, 0.6) is 0 Å². The molecule has 0 saturated carbocycles. The molecule has 1 aliphatic heterocycles. The standard InChI is InChI=1S/C11H10Cl2N2O2/c1-2-9-10(16)15(11(17)14-9)6-3-4-7(12)8(13)5-6/h3-5,9H,2H2,1H3,(H,14,17). The van der Waals surface area contributed by atoms with Gasteiger partial charge in [-0.2, -0.15) is 0 Å². The molecule has 1 saturated heterocycles. The molecule has 6 heteroatoms. The van der Waals surface area contributed by atoms with Gasteiger partial charge in [0.15, 0.2) is 0 Å². The first-order valence-corrected chi connectivity index (χ1v) is 5.89. The topological polar surface area (TPSA) is 49.4 Å². The van der Waals surface area contributed by atoms with Crippen LogP contribution in [0.4, 0.5) is 10.5 Å². The minimum absolute atomic E-state index is 0.268. The Balaban J connectivity index is 2.36. The maximum Gasteiger partial charge on any atom is 0.329 e. The van der Waals surface area contributed by atoms with E-state index >= 15 is 0 Å². The monoisotopic (exact) mass is 272 g/mol. The number of halogens is 2. The average molecular weight is 273 g/mol. The van der Waals surface area contributed by atoms with Crippen molar-refractivity contribution in [3.63, 3.8) is 0 Å². The number of amides is 3. The molecule has 1 aromatic rings. The second kappa shape index (κ2) is 4.55. The Hall–Kier alpha value is -1.26. The molecule has 17 heavy (non-hydrogen) atoms. The summed E-state index contributed by atoms with van der Waals surface area (Å²) in [6.45, 7) is 1.83. The van der Waals surface area contributed by atoms with Gasteiger partial charge in [-0.15, -0.1) is 0 Å². The van der Waals surface area contributed by atoms with Gasteiger partial charge >= 0.3 is 6.03 Å². The summed E-state index contributed by atoms with van der Waals surface area (Å²) >= 11 is 11.6. The minimum Gasteiger partial charge on any atom is -0.325 e. The maximum atomic E-state index is 11.9. The van der Waals surface area contributed by atoms with Gasteiger partial charge in [0.25, 0.3) is 5.91 Å². The van der Waals surface area contributed by atoms with Crippen LogP contribution in [0.3, 0.4) is 0 Å². The Kier molecular flexibility index (Phi) is 3.26. The summed E-state index contributed by atoms with van der Waals surface area (Å²) in [4.78, 5) is 24.7. The summed E-state index contributed by atoms with van der Waals surface area (Å²) < 4.78 is 0. The van der Waals surface area contributed by atoms with Crippen molar-refractivity contribution in [1.82, 2.24) is 5.32 Å². The van der Waals surface area contributed by atoms with Crippen molar-refractivity contribution >= 4 is 40.8 Å². The highest BCUT2D eigenvalue weighted by Gasteiger charge is 2.37. The van der Waals surface area contributed by atoms with Gasteiger partial charge < -0.3 is 5.32 Å². The average Bonchev–Trinajstić information content (AvgIpc) is 2.58. The van der Waals surface area contributed by atoms with Crippen LogP contribution in [0.1, 0.15) is 13.3 Å². The van der Waals surface area contributed by atoms with Crippen LogP contribution < -0.4 is 10.2 Å². The third-order valence-electron chi connectivity index (χ3n) is 2.59. The van der Waals surface area contributed by atoms with E-state index in [2.05, 4.69) is 5.32 Å². The number of imide groups is 1. The molecule has 3 amide bonds. The van der Waals surface area contributed by atoms with Crippen molar-refractivity contribution in [2.45, 2.75) is 19.4 Å². The molecule has 0 radical (unpaired) electrons. The fourth-order valence-electron chi connectivity index (χ4n) is 1.68. The van der Waals surface area contributed by atoms with Gasteiger partial charge in [0, 0.05) is 0 Å². The summed E-state index contributed by atoms with van der Waals surface area (Å²) in [5.74, 6) is -0.268. The zero-order chi connectivity index (χ0) is 12.6. The van der Waals surface area contributed by atoms with E-state index in [1.54, 1.807) is 12.1 Å². The van der Waals surface area contributed by atoms with Crippen LogP contribution >= 0.6 is 23.2 Å². The van der Waals surface area contributed by atoms with E-state index in [9.17, 15) is 9.59 Å². The summed E-state index contributed by atoms with van der Waals surface area (Å²) in [6.07, 6.45) is 0.558. The number of nitrogens with one attached hydrogen (secondary N) is 1. The Labute approximate surface area is 108 Å². The van der Waals surface area contributed by atoms with Crippen LogP contribution in [0.15, 0.2) is 18.2 Å². The van der Waals surface area contributed by atoms with E-state index in [0.717, 1.165) is 4.90 Å². The number of nitrogens with zero attached hydrogens (tertiary/aromatic N) is 1. The normalized spacial score (nSPS) is 19.7. The SMILES string of the molecule is CCC1NC(=O)N(c2ccc(Cl)c(Cl)c2)C1=O. The Morgan fingerprint density at radius 1 is 1.29 bits per heavy atom. The van der Waals surface area contributed by atoms with E-state index in [-0.39, 0.29) is 5.91 Å². The second-order valence-electron chi connectivity index (χ2n) is 3.68. The van der Waals surface area contributed by atoms with Gasteiger partial charge in [-0.25, -0.2) is 9.69 Å². The van der Waals surface area contributed by atoms with Crippen molar-refractivity contribution in [2.75, 3.05) is 4.90 Å². The summed E-state index contributed by atoms with van der Waals surface area (Å²) in [5.41, 5.74) is 0.429. The van der Waals surface area contributed by atoms with Gasteiger partial charge in [0.2, 0.25) is 0 Å². The number of hydrogen-bond donors (Lipinski definition) is 1. The van der Waals surface area contributed by atoms with E-state index in [1.165, 1.54) is 6.07 Å². The zero-order valence-corrected chi connectivity index (χ0v) is 10.5. The number of urea groups is 1. The molecule has 0 bridgehead atoms. The van der Waals surface area contributed by atoms with Gasteiger partial charge in [-0.05, 0) is 24.6 Å². The number of anilines is 1. The Morgan fingerprint density at radius 3 is 2.53 bits per heavy atom. The lowest BCUT2D eigenvalue weighted by Gasteiger charge is -2.13. The largest absolute Gasteiger partial charge is 0.329 e. The van der Waals surface area contributed by atoms with Crippen molar-refractivity contribution < 1.29 is 9.59 Å². The second-order valence-corrected chi connectivity index (χ2v) is 4.50. The molecule has 0 spiro atoms. The molecule has 0 aliphatic carbocycles. The highest BCUT2D eigenvalue weighted by molar-refractivity contribution is 6.42. The lowest BCUT2D eigenvalue weighted by Crippen LogP contribution is -2.31. The van der Waals surface area contributed by atoms with Crippen molar-refractivity contribution in [2.24, 2.45) is 0 Å². The predicted molar refractivity (Wildman–Crippen MR) is 66.6 cm³/mol. The first kappa shape index (κ1) is 12.2. The van der Waals surface area contributed by atoms with Gasteiger partial charge in [-0.1, -0.05) is 30.1 Å². The quantitative estimate of drug-likeness (QED) is 0.842. The van der Waals surface area contributed by atoms with Crippen LogP contribution in [0.25, 0.3) is 0 Å². The molecule has 2 rings (SSSR count). The predicted octanol–water partition coefficient (Wildman–Crippen LogP) is 2.83. The summed E-state index contributed by atoms with van der Waals surface area (Å²) in [5, 5.41) is 3.29. The molecule has 1 aliphatic rings. The van der Waals surface area contributed by atoms with E-state index in [4.69, 9.17) is 23.2 Å². The Bertz CT molecular complexity index is 490. The van der Waals surface area contributed by atoms with Crippen molar-refractivity contribution in [1.29, 1.82) is 0 Å². The van der Waals surface area contributed by atoms with Crippen LogP contribution in [0.2, 0.25) is 10.0 Å². The molecule has 1 fully saturated rings. The van der Waals surface area contributed by atoms with Gasteiger partial charge in [-0.3, -0.25) is 4.79 Å². The third kappa shape index (κ3) is 2.10. The molecule has 1 N–H and O–H groups in total. The maximum absolute atomic E-state index is 11.9. The fraction of sp³-hybridized carbons (Fsp3) is 0.273. The smallest absolute Gasteiger partial charge is 0.325 e. The number of hydrogen-bond acceptors (Lipinski definition) is 2. The number of carbonyl (C=O) groups excluding carboxylic acids is 2. The lowest BCUT2D eigenvalue weighted by molar-refractivity contribution is -0.118. The zero-order valence-electron chi connectivity index (χ0n) is 9.04. The first-order chi connectivity index (χ1) is 8.04. The molecule has 90 valence electrons. The van der Waals surface area contributed by atoms with Crippen molar-refractivity contribution in [3.8, 4) is 0 Å².